The van der Waals surface area contributed by atoms with Crippen molar-refractivity contribution in [1.29, 1.82) is 0 Å². The van der Waals surface area contributed by atoms with Crippen molar-refractivity contribution in [3.05, 3.63) is 48.5 Å². The number of hydrogen-bond acceptors (Lipinski definition) is 4. The number of carbonyl (C=O) groups is 1. The first-order valence-electron chi connectivity index (χ1n) is 8.59. The summed E-state index contributed by atoms with van der Waals surface area (Å²) in [6.45, 7) is 8.12. The van der Waals surface area contributed by atoms with Gasteiger partial charge in [0.2, 0.25) is 0 Å². The molecule has 1 atom stereocenters. The summed E-state index contributed by atoms with van der Waals surface area (Å²) in [7, 11) is 0. The van der Waals surface area contributed by atoms with Crippen LogP contribution in [0.4, 0.5) is 0 Å². The number of benzene rings is 2. The minimum atomic E-state index is 0.150. The fraction of sp³-hybridized carbons (Fsp3) is 0.381. The van der Waals surface area contributed by atoms with E-state index in [0.717, 1.165) is 23.0 Å². The van der Waals surface area contributed by atoms with Crippen LogP contribution in [0.1, 0.15) is 34.1 Å². The summed E-state index contributed by atoms with van der Waals surface area (Å²) in [6, 6.07) is 15.0. The van der Waals surface area contributed by atoms with Crippen molar-refractivity contribution in [3.63, 3.8) is 0 Å². The molecule has 0 aromatic heterocycles. The molecule has 25 heavy (non-hydrogen) atoms. The van der Waals surface area contributed by atoms with Crippen LogP contribution in [0.25, 0.3) is 0 Å². The number of ketones is 1. The van der Waals surface area contributed by atoms with Crippen LogP contribution >= 0.6 is 0 Å². The van der Waals surface area contributed by atoms with E-state index in [2.05, 4.69) is 0 Å². The van der Waals surface area contributed by atoms with E-state index in [9.17, 15) is 4.79 Å². The summed E-state index contributed by atoms with van der Waals surface area (Å²) in [5.74, 6) is 3.47. The molecule has 0 aliphatic carbocycles. The van der Waals surface area contributed by atoms with Crippen LogP contribution in [0.5, 0.6) is 23.0 Å². The summed E-state index contributed by atoms with van der Waals surface area (Å²) >= 11 is 0. The third-order valence-electron chi connectivity index (χ3n) is 3.43. The molecular formula is C21H26O4. The third-order valence-corrected chi connectivity index (χ3v) is 3.43. The fourth-order valence-corrected chi connectivity index (χ4v) is 2.39. The smallest absolute Gasteiger partial charge is 0.130 e. The molecule has 4 heteroatoms. The van der Waals surface area contributed by atoms with Crippen LogP contribution in [-0.2, 0) is 4.79 Å². The van der Waals surface area contributed by atoms with Gasteiger partial charge in [0.05, 0.1) is 12.7 Å². The van der Waals surface area contributed by atoms with Gasteiger partial charge in [0.1, 0.15) is 28.8 Å². The number of hydrogen-bond donors (Lipinski definition) is 0. The van der Waals surface area contributed by atoms with Gasteiger partial charge in [-0.2, -0.15) is 0 Å². The Morgan fingerprint density at radius 3 is 1.80 bits per heavy atom. The topological polar surface area (TPSA) is 44.8 Å². The van der Waals surface area contributed by atoms with E-state index in [1.807, 2.05) is 69.3 Å². The van der Waals surface area contributed by atoms with E-state index in [4.69, 9.17) is 14.2 Å². The lowest BCUT2D eigenvalue weighted by Gasteiger charge is -2.13. The van der Waals surface area contributed by atoms with E-state index >= 15 is 0 Å². The number of carbonyl (C=O) groups excluding carboxylic acids is 1. The molecule has 0 saturated carbocycles. The SMILES string of the molecule is CC(=O)C[C@@H](C)COc1ccc(Oc2ccc(OC(C)C)cc2)cc1. The lowest BCUT2D eigenvalue weighted by atomic mass is 10.1. The van der Waals surface area contributed by atoms with Gasteiger partial charge in [0.25, 0.3) is 0 Å². The number of rotatable bonds is 9. The molecule has 134 valence electrons. The predicted octanol–water partition coefficient (Wildman–Crippen LogP) is 5.26. The minimum absolute atomic E-state index is 0.150. The molecule has 2 aromatic rings. The van der Waals surface area contributed by atoms with Gasteiger partial charge in [-0.3, -0.25) is 0 Å². The third kappa shape index (κ3) is 6.87. The molecule has 0 fully saturated rings. The van der Waals surface area contributed by atoms with E-state index in [-0.39, 0.29) is 17.8 Å². The van der Waals surface area contributed by atoms with Crippen LogP contribution < -0.4 is 14.2 Å². The highest BCUT2D eigenvalue weighted by Crippen LogP contribution is 2.26. The zero-order valence-electron chi connectivity index (χ0n) is 15.3. The average molecular weight is 342 g/mol. The van der Waals surface area contributed by atoms with Crippen LogP contribution in [0.3, 0.4) is 0 Å². The summed E-state index contributed by atoms with van der Waals surface area (Å²) < 4.78 is 17.1. The molecule has 0 bridgehead atoms. The van der Waals surface area contributed by atoms with Crippen LogP contribution in [0.15, 0.2) is 48.5 Å². The summed E-state index contributed by atoms with van der Waals surface area (Å²) in [5.41, 5.74) is 0. The first-order valence-corrected chi connectivity index (χ1v) is 8.59. The second-order valence-electron chi connectivity index (χ2n) is 6.53. The molecule has 0 spiro atoms. The summed E-state index contributed by atoms with van der Waals surface area (Å²) in [6.07, 6.45) is 0.690. The Kier molecular flexibility index (Phi) is 6.87. The lowest BCUT2D eigenvalue weighted by molar-refractivity contribution is -0.118. The molecule has 2 rings (SSSR count). The monoisotopic (exact) mass is 342 g/mol. The van der Waals surface area contributed by atoms with Crippen molar-refractivity contribution in [1.82, 2.24) is 0 Å². The second kappa shape index (κ2) is 9.11. The minimum Gasteiger partial charge on any atom is -0.493 e. The Balaban J connectivity index is 1.86. The van der Waals surface area contributed by atoms with Gasteiger partial charge in [0.15, 0.2) is 0 Å². The molecule has 0 aliphatic rings. The molecule has 0 aliphatic heterocycles. The molecule has 0 radical (unpaired) electrons. The van der Waals surface area contributed by atoms with Gasteiger partial charge in [0, 0.05) is 6.42 Å². The lowest BCUT2D eigenvalue weighted by Crippen LogP contribution is -2.11. The zero-order valence-corrected chi connectivity index (χ0v) is 15.3. The Bertz CT molecular complexity index is 659. The second-order valence-corrected chi connectivity index (χ2v) is 6.53. The molecule has 2 aromatic carbocycles. The first-order chi connectivity index (χ1) is 11.9. The Labute approximate surface area is 149 Å². The number of ether oxygens (including phenoxy) is 3. The highest BCUT2D eigenvalue weighted by molar-refractivity contribution is 5.75. The first kappa shape index (κ1) is 18.8. The molecule has 0 N–H and O–H groups in total. The summed E-state index contributed by atoms with van der Waals surface area (Å²) in [4.78, 5) is 11.1. The molecule has 0 amide bonds. The average Bonchev–Trinajstić information content (AvgIpc) is 2.55. The standard InChI is InChI=1S/C21H26O4/c1-15(2)24-19-9-11-21(12-10-19)25-20-7-5-18(6-8-20)23-14-16(3)13-17(4)22/h5-12,15-16H,13-14H2,1-4H3/t16-/m1/s1. The predicted molar refractivity (Wildman–Crippen MR) is 98.7 cm³/mol. The largest absolute Gasteiger partial charge is 0.493 e. The zero-order chi connectivity index (χ0) is 18.2. The van der Waals surface area contributed by atoms with Gasteiger partial charge >= 0.3 is 0 Å². The number of Topliss-reactive ketones (excluding diaryl/α,β-unsaturated/α-hetero) is 1. The maximum atomic E-state index is 11.1. The van der Waals surface area contributed by atoms with Crippen LogP contribution in [0, 0.1) is 5.92 Å². The fourth-order valence-electron chi connectivity index (χ4n) is 2.39. The van der Waals surface area contributed by atoms with E-state index in [1.54, 1.807) is 6.92 Å². The van der Waals surface area contributed by atoms with Crippen molar-refractivity contribution >= 4 is 5.78 Å². The summed E-state index contributed by atoms with van der Waals surface area (Å²) in [5, 5.41) is 0. The van der Waals surface area contributed by atoms with Crippen molar-refractivity contribution < 1.29 is 19.0 Å². The Morgan fingerprint density at radius 2 is 1.32 bits per heavy atom. The normalized spacial score (nSPS) is 11.9. The van der Waals surface area contributed by atoms with Gasteiger partial charge in [-0.1, -0.05) is 6.92 Å². The quantitative estimate of drug-likeness (QED) is 0.623. The van der Waals surface area contributed by atoms with Crippen LogP contribution in [-0.4, -0.2) is 18.5 Å². The molecule has 0 unspecified atom stereocenters. The van der Waals surface area contributed by atoms with Crippen molar-refractivity contribution in [2.75, 3.05) is 6.61 Å². The van der Waals surface area contributed by atoms with E-state index in [1.165, 1.54) is 0 Å². The maximum Gasteiger partial charge on any atom is 0.130 e. The van der Waals surface area contributed by atoms with Gasteiger partial charge in [-0.05, 0) is 75.2 Å². The van der Waals surface area contributed by atoms with Gasteiger partial charge in [-0.25, -0.2) is 0 Å². The van der Waals surface area contributed by atoms with E-state index in [0.29, 0.717) is 13.0 Å². The highest BCUT2D eigenvalue weighted by atomic mass is 16.5. The van der Waals surface area contributed by atoms with Crippen molar-refractivity contribution in [2.24, 2.45) is 5.92 Å². The van der Waals surface area contributed by atoms with Crippen LogP contribution in [0.2, 0.25) is 0 Å². The van der Waals surface area contributed by atoms with Crippen molar-refractivity contribution in [3.8, 4) is 23.0 Å². The highest BCUT2D eigenvalue weighted by Gasteiger charge is 2.07. The van der Waals surface area contributed by atoms with Gasteiger partial charge in [-0.15, -0.1) is 0 Å². The molecule has 0 heterocycles. The van der Waals surface area contributed by atoms with Gasteiger partial charge < -0.3 is 19.0 Å². The Morgan fingerprint density at radius 1 is 0.840 bits per heavy atom. The molecular weight excluding hydrogens is 316 g/mol. The van der Waals surface area contributed by atoms with Crippen molar-refractivity contribution in [2.45, 2.75) is 40.2 Å². The molecule has 0 saturated heterocycles. The van der Waals surface area contributed by atoms with E-state index < -0.39 is 0 Å². The maximum absolute atomic E-state index is 11.1. The molecule has 4 nitrogen and oxygen atoms in total. The Hall–Kier alpha value is -2.49.